The van der Waals surface area contributed by atoms with E-state index in [-0.39, 0.29) is 0 Å². The summed E-state index contributed by atoms with van der Waals surface area (Å²) in [4.78, 5) is 0. The SMILES string of the molecule is c1ccc(-c2cccc(-c3ccc4c(-c5ccc(-n6c7ccccc7c7ccc(-c8ccc9c(c8)c8ccccc8n9-c8ccccc8)cc76)cc5)c5ccccc5c(-c5ccccc5)c4c3)c2)cc1. The Morgan fingerprint density at radius 2 is 0.543 bits per heavy atom. The van der Waals surface area contributed by atoms with Crippen molar-refractivity contribution in [2.24, 2.45) is 0 Å². The molecule has 0 bridgehead atoms. The highest BCUT2D eigenvalue weighted by Crippen LogP contribution is 2.46. The minimum atomic E-state index is 1.13. The maximum atomic E-state index is 2.45. The van der Waals surface area contributed by atoms with Gasteiger partial charge in [0.2, 0.25) is 0 Å². The van der Waals surface area contributed by atoms with Crippen molar-refractivity contribution in [3.63, 3.8) is 0 Å². The van der Waals surface area contributed by atoms with Crippen LogP contribution in [-0.2, 0) is 0 Å². The zero-order valence-corrected chi connectivity index (χ0v) is 38.3. The largest absolute Gasteiger partial charge is 0.309 e. The molecule has 0 unspecified atom stereocenters. The van der Waals surface area contributed by atoms with Crippen LogP contribution < -0.4 is 0 Å². The topological polar surface area (TPSA) is 9.86 Å². The zero-order chi connectivity index (χ0) is 46.1. The lowest BCUT2D eigenvalue weighted by Gasteiger charge is -2.19. The van der Waals surface area contributed by atoms with E-state index in [4.69, 9.17) is 0 Å². The molecular weight excluding hydrogens is 845 g/mol. The van der Waals surface area contributed by atoms with Crippen molar-refractivity contribution in [2.75, 3.05) is 0 Å². The molecule has 0 aliphatic carbocycles. The molecule has 12 aromatic carbocycles. The molecule has 0 saturated heterocycles. The predicted molar refractivity (Wildman–Crippen MR) is 297 cm³/mol. The highest BCUT2D eigenvalue weighted by atomic mass is 15.0. The third-order valence-corrected chi connectivity index (χ3v) is 14.5. The molecule has 14 rings (SSSR count). The molecule has 70 heavy (non-hydrogen) atoms. The number of nitrogens with zero attached hydrogens (tertiary/aromatic N) is 2. The van der Waals surface area contributed by atoms with Crippen LogP contribution in [0, 0.1) is 0 Å². The van der Waals surface area contributed by atoms with Crippen LogP contribution in [0.4, 0.5) is 0 Å². The fourth-order valence-corrected chi connectivity index (χ4v) is 11.3. The summed E-state index contributed by atoms with van der Waals surface area (Å²) in [6.07, 6.45) is 0. The quantitative estimate of drug-likeness (QED) is 0.141. The zero-order valence-electron chi connectivity index (χ0n) is 38.3. The number of aromatic nitrogens is 2. The van der Waals surface area contributed by atoms with Crippen molar-refractivity contribution >= 4 is 65.2 Å². The van der Waals surface area contributed by atoms with E-state index in [9.17, 15) is 0 Å². The fraction of sp³-hybridized carbons (Fsp3) is 0. The van der Waals surface area contributed by atoms with Gasteiger partial charge in [0, 0.05) is 32.9 Å². The molecular formula is C68H44N2. The Labute approximate surface area is 406 Å². The first-order chi connectivity index (χ1) is 34.7. The van der Waals surface area contributed by atoms with E-state index in [0.29, 0.717) is 0 Å². The van der Waals surface area contributed by atoms with Crippen molar-refractivity contribution in [3.8, 4) is 67.0 Å². The van der Waals surface area contributed by atoms with Gasteiger partial charge >= 0.3 is 0 Å². The van der Waals surface area contributed by atoms with Crippen LogP contribution in [0.25, 0.3) is 132 Å². The minimum Gasteiger partial charge on any atom is -0.309 e. The predicted octanol–water partition coefficient (Wildman–Crippen LogP) is 18.5. The van der Waals surface area contributed by atoms with Gasteiger partial charge in [0.1, 0.15) is 0 Å². The van der Waals surface area contributed by atoms with Crippen LogP contribution in [0.2, 0.25) is 0 Å². The summed E-state index contributed by atoms with van der Waals surface area (Å²) in [7, 11) is 0. The van der Waals surface area contributed by atoms with Crippen LogP contribution in [0.5, 0.6) is 0 Å². The van der Waals surface area contributed by atoms with E-state index in [2.05, 4.69) is 276 Å². The van der Waals surface area contributed by atoms with Crippen LogP contribution in [-0.4, -0.2) is 9.13 Å². The van der Waals surface area contributed by atoms with Crippen LogP contribution >= 0.6 is 0 Å². The Morgan fingerprint density at radius 1 is 0.171 bits per heavy atom. The summed E-state index contributed by atoms with van der Waals surface area (Å²) >= 11 is 0. The number of para-hydroxylation sites is 3. The van der Waals surface area contributed by atoms with Gasteiger partial charge in [-0.15, -0.1) is 0 Å². The van der Waals surface area contributed by atoms with Crippen LogP contribution in [0.3, 0.4) is 0 Å². The van der Waals surface area contributed by atoms with Gasteiger partial charge in [-0.25, -0.2) is 0 Å². The molecule has 0 N–H and O–H groups in total. The van der Waals surface area contributed by atoms with Gasteiger partial charge in [0.05, 0.1) is 22.1 Å². The summed E-state index contributed by atoms with van der Waals surface area (Å²) in [5.74, 6) is 0. The first-order valence-electron chi connectivity index (χ1n) is 24.2. The number of benzene rings is 12. The number of rotatable bonds is 7. The van der Waals surface area contributed by atoms with E-state index in [1.165, 1.54) is 126 Å². The minimum absolute atomic E-state index is 1.13. The Balaban J connectivity index is 0.920. The molecule has 0 fully saturated rings. The molecule has 2 heteroatoms. The van der Waals surface area contributed by atoms with Gasteiger partial charge in [-0.1, -0.05) is 200 Å². The number of fused-ring (bicyclic) bond motifs is 8. The Morgan fingerprint density at radius 3 is 1.21 bits per heavy atom. The molecule has 326 valence electrons. The highest BCUT2D eigenvalue weighted by Gasteiger charge is 2.20. The lowest BCUT2D eigenvalue weighted by atomic mass is 9.84. The third kappa shape index (κ3) is 6.42. The second-order valence-electron chi connectivity index (χ2n) is 18.4. The van der Waals surface area contributed by atoms with E-state index < -0.39 is 0 Å². The fourth-order valence-electron chi connectivity index (χ4n) is 11.3. The summed E-state index contributed by atoms with van der Waals surface area (Å²) in [6.45, 7) is 0. The van der Waals surface area contributed by atoms with Crippen molar-refractivity contribution < 1.29 is 0 Å². The van der Waals surface area contributed by atoms with Gasteiger partial charge < -0.3 is 9.13 Å². The second-order valence-corrected chi connectivity index (χ2v) is 18.4. The standard InChI is InChI=1S/C68H44N2/c1-4-17-45(18-5-1)48-21-16-22-49(41-48)50-34-39-60-62(43-50)68(46-19-6-2-7-20-46)59-28-11-10-27-58(59)67(60)47-31-36-54(37-32-47)70-63-29-14-12-25-55(63)57-38-33-52(44-66(57)70)51-35-40-65-61(42-51)56-26-13-15-30-64(56)69(65)53-23-8-3-9-24-53/h1-44H. The molecule has 2 nitrogen and oxygen atoms in total. The van der Waals surface area contributed by atoms with Crippen molar-refractivity contribution in [1.29, 1.82) is 0 Å². The van der Waals surface area contributed by atoms with Gasteiger partial charge in [0.15, 0.2) is 0 Å². The van der Waals surface area contributed by atoms with E-state index in [1.807, 2.05) is 0 Å². The lowest BCUT2D eigenvalue weighted by molar-refractivity contribution is 1.18. The first-order valence-corrected chi connectivity index (χ1v) is 24.2. The van der Waals surface area contributed by atoms with E-state index >= 15 is 0 Å². The second kappa shape index (κ2) is 16.2. The Kier molecular flexibility index (Phi) is 9.25. The monoisotopic (exact) mass is 888 g/mol. The number of hydrogen-bond donors (Lipinski definition) is 0. The van der Waals surface area contributed by atoms with E-state index in [0.717, 1.165) is 5.69 Å². The van der Waals surface area contributed by atoms with Gasteiger partial charge in [-0.05, 0) is 144 Å². The Hall–Kier alpha value is -9.24. The molecule has 0 amide bonds. The molecule has 0 spiro atoms. The highest BCUT2D eigenvalue weighted by molar-refractivity contribution is 6.22. The van der Waals surface area contributed by atoms with Gasteiger partial charge in [-0.2, -0.15) is 0 Å². The van der Waals surface area contributed by atoms with Crippen LogP contribution in [0.1, 0.15) is 0 Å². The van der Waals surface area contributed by atoms with Crippen molar-refractivity contribution in [3.05, 3.63) is 267 Å². The lowest BCUT2D eigenvalue weighted by Crippen LogP contribution is -1.95. The molecule has 0 aliphatic heterocycles. The average Bonchev–Trinajstić information content (AvgIpc) is 3.95. The maximum Gasteiger partial charge on any atom is 0.0547 e. The smallest absolute Gasteiger partial charge is 0.0547 e. The molecule has 2 aromatic heterocycles. The molecule has 14 aromatic rings. The third-order valence-electron chi connectivity index (χ3n) is 14.5. The van der Waals surface area contributed by atoms with Gasteiger partial charge in [-0.3, -0.25) is 0 Å². The summed E-state index contributed by atoms with van der Waals surface area (Å²) in [5, 5.41) is 9.94. The Bertz CT molecular complexity index is 4310. The summed E-state index contributed by atoms with van der Waals surface area (Å²) in [5.41, 5.74) is 19.2. The molecule has 0 atom stereocenters. The molecule has 0 aliphatic rings. The van der Waals surface area contributed by atoms with Gasteiger partial charge in [0.25, 0.3) is 0 Å². The normalized spacial score (nSPS) is 11.7. The van der Waals surface area contributed by atoms with Crippen molar-refractivity contribution in [2.45, 2.75) is 0 Å². The molecule has 2 heterocycles. The molecule has 0 saturated carbocycles. The molecule has 0 radical (unpaired) electrons. The summed E-state index contributed by atoms with van der Waals surface area (Å²) in [6, 6.07) is 98.0. The van der Waals surface area contributed by atoms with Crippen LogP contribution in [0.15, 0.2) is 267 Å². The number of hydrogen-bond acceptors (Lipinski definition) is 0. The summed E-state index contributed by atoms with van der Waals surface area (Å²) < 4.78 is 4.83. The maximum absolute atomic E-state index is 2.45. The average molecular weight is 889 g/mol. The first kappa shape index (κ1) is 39.9. The van der Waals surface area contributed by atoms with E-state index in [1.54, 1.807) is 0 Å². The van der Waals surface area contributed by atoms with Crippen molar-refractivity contribution in [1.82, 2.24) is 9.13 Å².